The predicted molar refractivity (Wildman–Crippen MR) is 104 cm³/mol. The van der Waals surface area contributed by atoms with Crippen LogP contribution < -0.4 is 15.5 Å². The molecule has 1 saturated heterocycles. The number of hydrogen-bond donors (Lipinski definition) is 2. The third-order valence-electron chi connectivity index (χ3n) is 4.64. The van der Waals surface area contributed by atoms with Crippen molar-refractivity contribution in [3.8, 4) is 0 Å². The number of aryl methyl sites for hydroxylation is 1. The molecule has 8 nitrogen and oxygen atoms in total. The van der Waals surface area contributed by atoms with Crippen LogP contribution in [0.15, 0.2) is 30.9 Å². The zero-order valence-corrected chi connectivity index (χ0v) is 16.0. The van der Waals surface area contributed by atoms with Crippen molar-refractivity contribution in [3.05, 3.63) is 48.1 Å². The minimum absolute atomic E-state index is 0.169. The Balaban J connectivity index is 1.49. The van der Waals surface area contributed by atoms with Crippen LogP contribution in [-0.4, -0.2) is 50.4 Å². The maximum atomic E-state index is 14.2. The molecule has 1 aliphatic heterocycles. The SMILES string of the molecule is Cc1cn2cc(NC(=O)c3cnc(N4C[C@H](C)N[C@@H](C)C4)cn3)cc(F)c2n1. The number of pyridine rings is 1. The molecule has 9 heteroatoms. The fraction of sp³-hybridized carbons (Fsp3) is 0.368. The van der Waals surface area contributed by atoms with Gasteiger partial charge >= 0.3 is 0 Å². The van der Waals surface area contributed by atoms with Crippen molar-refractivity contribution >= 4 is 23.1 Å². The highest BCUT2D eigenvalue weighted by molar-refractivity contribution is 6.02. The standard InChI is InChI=1S/C19H22FN7O/c1-11-7-26(8-12(2)23-11)17-6-21-16(5-22-17)19(28)25-14-4-15(20)18-24-13(3)9-27(18)10-14/h4-6,9-12,23H,7-8H2,1-3H3,(H,25,28)/t11-,12-/m0/s1. The third-order valence-corrected chi connectivity index (χ3v) is 4.64. The topological polar surface area (TPSA) is 87.5 Å². The summed E-state index contributed by atoms with van der Waals surface area (Å²) in [5, 5.41) is 6.12. The van der Waals surface area contributed by atoms with Gasteiger partial charge in [0.2, 0.25) is 0 Å². The summed E-state index contributed by atoms with van der Waals surface area (Å²) < 4.78 is 15.7. The fourth-order valence-electron chi connectivity index (χ4n) is 3.56. The van der Waals surface area contributed by atoms with Crippen LogP contribution in [0.1, 0.15) is 30.0 Å². The lowest BCUT2D eigenvalue weighted by Crippen LogP contribution is -2.54. The van der Waals surface area contributed by atoms with Crippen LogP contribution in [-0.2, 0) is 0 Å². The molecule has 4 rings (SSSR count). The van der Waals surface area contributed by atoms with E-state index in [-0.39, 0.29) is 11.3 Å². The second kappa shape index (κ2) is 7.16. The van der Waals surface area contributed by atoms with Crippen molar-refractivity contribution in [1.82, 2.24) is 24.7 Å². The van der Waals surface area contributed by atoms with Gasteiger partial charge in [0.1, 0.15) is 11.5 Å². The smallest absolute Gasteiger partial charge is 0.275 e. The van der Waals surface area contributed by atoms with Crippen LogP contribution in [0.25, 0.3) is 5.65 Å². The lowest BCUT2D eigenvalue weighted by molar-refractivity contribution is 0.102. The summed E-state index contributed by atoms with van der Waals surface area (Å²) in [6.45, 7) is 7.68. The molecule has 0 bridgehead atoms. The molecule has 2 N–H and O–H groups in total. The van der Waals surface area contributed by atoms with E-state index >= 15 is 0 Å². The molecule has 0 aliphatic carbocycles. The molecule has 0 aromatic carbocycles. The summed E-state index contributed by atoms with van der Waals surface area (Å²) in [7, 11) is 0. The van der Waals surface area contributed by atoms with E-state index in [1.165, 1.54) is 12.3 Å². The summed E-state index contributed by atoms with van der Waals surface area (Å²) in [5.41, 5.74) is 1.41. The molecular formula is C19H22FN7O. The molecule has 3 aromatic rings. The molecule has 0 spiro atoms. The van der Waals surface area contributed by atoms with Gasteiger partial charge in [-0.05, 0) is 20.8 Å². The number of anilines is 2. The quantitative estimate of drug-likeness (QED) is 0.720. The molecule has 2 atom stereocenters. The van der Waals surface area contributed by atoms with Gasteiger partial charge in [-0.2, -0.15) is 0 Å². The van der Waals surface area contributed by atoms with Gasteiger partial charge in [-0.1, -0.05) is 0 Å². The number of nitrogens with one attached hydrogen (secondary N) is 2. The number of amides is 1. The molecule has 0 unspecified atom stereocenters. The van der Waals surface area contributed by atoms with Crippen molar-refractivity contribution in [3.63, 3.8) is 0 Å². The first-order valence-corrected chi connectivity index (χ1v) is 9.18. The summed E-state index contributed by atoms with van der Waals surface area (Å²) in [4.78, 5) is 27.3. The van der Waals surface area contributed by atoms with Gasteiger partial charge in [-0.3, -0.25) is 4.79 Å². The Morgan fingerprint density at radius 1 is 1.21 bits per heavy atom. The normalized spacial score (nSPS) is 19.8. The molecule has 1 fully saturated rings. The number of hydrogen-bond acceptors (Lipinski definition) is 6. The second-order valence-electron chi connectivity index (χ2n) is 7.28. The lowest BCUT2D eigenvalue weighted by Gasteiger charge is -2.36. The van der Waals surface area contributed by atoms with Gasteiger partial charge in [0.15, 0.2) is 11.5 Å². The van der Waals surface area contributed by atoms with E-state index in [0.29, 0.717) is 23.5 Å². The molecule has 0 saturated carbocycles. The monoisotopic (exact) mass is 383 g/mol. The minimum Gasteiger partial charge on any atom is -0.352 e. The highest BCUT2D eigenvalue weighted by Gasteiger charge is 2.22. The average molecular weight is 383 g/mol. The van der Waals surface area contributed by atoms with E-state index < -0.39 is 11.7 Å². The van der Waals surface area contributed by atoms with Crippen LogP contribution in [0, 0.1) is 12.7 Å². The average Bonchev–Trinajstić information content (AvgIpc) is 3.02. The Bertz CT molecular complexity index is 1010. The van der Waals surface area contributed by atoms with Crippen molar-refractivity contribution in [2.75, 3.05) is 23.3 Å². The second-order valence-corrected chi connectivity index (χ2v) is 7.28. The first-order chi connectivity index (χ1) is 13.4. The first kappa shape index (κ1) is 18.3. The van der Waals surface area contributed by atoms with Gasteiger partial charge in [-0.15, -0.1) is 0 Å². The van der Waals surface area contributed by atoms with Crippen LogP contribution in [0.4, 0.5) is 15.9 Å². The summed E-state index contributed by atoms with van der Waals surface area (Å²) in [5.74, 6) is -0.218. The molecule has 3 aromatic heterocycles. The van der Waals surface area contributed by atoms with Gasteiger partial charge in [0.05, 0.1) is 23.8 Å². The van der Waals surface area contributed by atoms with Crippen LogP contribution >= 0.6 is 0 Å². The van der Waals surface area contributed by atoms with E-state index in [4.69, 9.17) is 0 Å². The van der Waals surface area contributed by atoms with E-state index in [1.54, 1.807) is 29.9 Å². The van der Waals surface area contributed by atoms with Gasteiger partial charge in [-0.25, -0.2) is 19.3 Å². The number of rotatable bonds is 3. The van der Waals surface area contributed by atoms with Crippen molar-refractivity contribution in [2.45, 2.75) is 32.9 Å². The Morgan fingerprint density at radius 3 is 2.64 bits per heavy atom. The summed E-state index contributed by atoms with van der Waals surface area (Å²) >= 11 is 0. The van der Waals surface area contributed by atoms with Crippen molar-refractivity contribution in [2.24, 2.45) is 0 Å². The van der Waals surface area contributed by atoms with Gasteiger partial charge < -0.3 is 19.9 Å². The van der Waals surface area contributed by atoms with Gasteiger partial charge in [0, 0.05) is 43.6 Å². The van der Waals surface area contributed by atoms with E-state index in [2.05, 4.69) is 44.3 Å². The molecule has 28 heavy (non-hydrogen) atoms. The van der Waals surface area contributed by atoms with E-state index in [1.807, 2.05) is 0 Å². The van der Waals surface area contributed by atoms with Gasteiger partial charge in [0.25, 0.3) is 5.91 Å². The molecule has 146 valence electrons. The fourth-order valence-corrected chi connectivity index (χ4v) is 3.56. The van der Waals surface area contributed by atoms with E-state index in [9.17, 15) is 9.18 Å². The molecular weight excluding hydrogens is 361 g/mol. The van der Waals surface area contributed by atoms with Crippen molar-refractivity contribution in [1.29, 1.82) is 0 Å². The molecule has 0 radical (unpaired) electrons. The third kappa shape index (κ3) is 3.65. The number of nitrogens with zero attached hydrogens (tertiary/aromatic N) is 5. The Hall–Kier alpha value is -3.07. The number of carbonyl (C=O) groups is 1. The Morgan fingerprint density at radius 2 is 1.96 bits per heavy atom. The molecule has 4 heterocycles. The van der Waals surface area contributed by atoms with Crippen LogP contribution in [0.3, 0.4) is 0 Å². The number of imidazole rings is 1. The summed E-state index contributed by atoms with van der Waals surface area (Å²) in [6.07, 6.45) is 6.35. The Labute approximate surface area is 161 Å². The number of aromatic nitrogens is 4. The highest BCUT2D eigenvalue weighted by atomic mass is 19.1. The highest BCUT2D eigenvalue weighted by Crippen LogP contribution is 2.17. The van der Waals surface area contributed by atoms with Crippen LogP contribution in [0.5, 0.6) is 0 Å². The molecule has 1 aliphatic rings. The predicted octanol–water partition coefficient (Wildman–Crippen LogP) is 2.01. The number of fused-ring (bicyclic) bond motifs is 1. The zero-order chi connectivity index (χ0) is 19.8. The lowest BCUT2D eigenvalue weighted by atomic mass is 10.1. The maximum Gasteiger partial charge on any atom is 0.275 e. The minimum atomic E-state index is -0.505. The van der Waals surface area contributed by atoms with E-state index in [0.717, 1.165) is 18.9 Å². The first-order valence-electron chi connectivity index (χ1n) is 9.18. The largest absolute Gasteiger partial charge is 0.352 e. The Kier molecular flexibility index (Phi) is 4.68. The molecule has 1 amide bonds. The number of halogens is 1. The van der Waals surface area contributed by atoms with Crippen LogP contribution in [0.2, 0.25) is 0 Å². The zero-order valence-electron chi connectivity index (χ0n) is 16.0. The number of carbonyl (C=O) groups excluding carboxylic acids is 1. The summed E-state index contributed by atoms with van der Waals surface area (Å²) in [6, 6.07) is 1.95. The van der Waals surface area contributed by atoms with Crippen molar-refractivity contribution < 1.29 is 9.18 Å². The maximum absolute atomic E-state index is 14.2. The number of piperazine rings is 1.